The lowest BCUT2D eigenvalue weighted by Crippen LogP contribution is -2.44. The number of rotatable bonds is 4. The number of nitrogens with zero attached hydrogens (tertiary/aromatic N) is 1. The number of carbonyl (C=O) groups excluding carboxylic acids is 1. The number of nitrogens with one attached hydrogen (secondary N) is 2. The van der Waals surface area contributed by atoms with Crippen molar-refractivity contribution in [1.29, 1.82) is 0 Å². The summed E-state index contributed by atoms with van der Waals surface area (Å²) in [5, 5.41) is 16.5. The van der Waals surface area contributed by atoms with E-state index in [1.165, 1.54) is 25.2 Å². The molecule has 1 fully saturated rings. The van der Waals surface area contributed by atoms with Crippen LogP contribution in [0.1, 0.15) is 23.2 Å². The molecule has 102 valence electrons. The van der Waals surface area contributed by atoms with Crippen LogP contribution in [0.3, 0.4) is 0 Å². The van der Waals surface area contributed by atoms with Crippen LogP contribution < -0.4 is 16.4 Å². The van der Waals surface area contributed by atoms with Crippen LogP contribution in [0.25, 0.3) is 0 Å². The Balaban J connectivity index is 2.25. The minimum absolute atomic E-state index is 0.0341. The van der Waals surface area contributed by atoms with E-state index in [1.807, 2.05) is 0 Å². The Hall–Kier alpha value is -2.15. The van der Waals surface area contributed by atoms with E-state index in [0.29, 0.717) is 11.3 Å². The van der Waals surface area contributed by atoms with Crippen molar-refractivity contribution in [2.45, 2.75) is 24.9 Å². The Morgan fingerprint density at radius 2 is 2.16 bits per heavy atom. The lowest BCUT2D eigenvalue weighted by molar-refractivity contribution is -0.384. The minimum Gasteiger partial charge on any atom is -0.377 e. The van der Waals surface area contributed by atoms with Crippen molar-refractivity contribution in [3.05, 3.63) is 33.9 Å². The molecule has 0 saturated heterocycles. The summed E-state index contributed by atoms with van der Waals surface area (Å²) in [6, 6.07) is 4.56. The third-order valence-electron chi connectivity index (χ3n) is 3.22. The van der Waals surface area contributed by atoms with Crippen LogP contribution in [0.5, 0.6) is 0 Å². The molecule has 0 aliphatic heterocycles. The zero-order valence-corrected chi connectivity index (χ0v) is 10.6. The van der Waals surface area contributed by atoms with Gasteiger partial charge in [-0.2, -0.15) is 0 Å². The Morgan fingerprint density at radius 1 is 1.47 bits per heavy atom. The number of hydrogen-bond donors (Lipinski definition) is 3. The largest absolute Gasteiger partial charge is 0.377 e. The predicted molar refractivity (Wildman–Crippen MR) is 71.1 cm³/mol. The van der Waals surface area contributed by atoms with Crippen molar-refractivity contribution in [3.63, 3.8) is 0 Å². The maximum Gasteiger partial charge on any atom is 0.292 e. The molecule has 0 atom stereocenters. The van der Waals surface area contributed by atoms with Gasteiger partial charge in [-0.05, 0) is 25.0 Å². The van der Waals surface area contributed by atoms with Gasteiger partial charge in [-0.25, -0.2) is 0 Å². The molecule has 19 heavy (non-hydrogen) atoms. The Labute approximate surface area is 110 Å². The van der Waals surface area contributed by atoms with Gasteiger partial charge in [0.1, 0.15) is 5.69 Å². The van der Waals surface area contributed by atoms with E-state index in [0.717, 1.165) is 12.8 Å². The highest BCUT2D eigenvalue weighted by atomic mass is 16.6. The smallest absolute Gasteiger partial charge is 0.292 e. The van der Waals surface area contributed by atoms with E-state index >= 15 is 0 Å². The average Bonchev–Trinajstić information content (AvgIpc) is 2.35. The Kier molecular flexibility index (Phi) is 3.66. The van der Waals surface area contributed by atoms with Crippen LogP contribution in [0.2, 0.25) is 0 Å². The number of amides is 1. The molecule has 0 bridgehead atoms. The first-order valence-corrected chi connectivity index (χ1v) is 6.04. The topological polar surface area (TPSA) is 110 Å². The molecule has 1 saturated carbocycles. The number of benzene rings is 1. The average molecular weight is 264 g/mol. The number of hydrogen-bond acceptors (Lipinski definition) is 5. The van der Waals surface area contributed by atoms with Gasteiger partial charge in [0.2, 0.25) is 0 Å². The highest BCUT2D eigenvalue weighted by molar-refractivity contribution is 5.95. The predicted octanol–water partition coefficient (Wildman–Crippen LogP) is 0.856. The summed E-state index contributed by atoms with van der Waals surface area (Å²) in [6.45, 7) is 0. The van der Waals surface area contributed by atoms with Crippen LogP contribution in [-0.4, -0.2) is 30.0 Å². The second-order valence-corrected chi connectivity index (χ2v) is 4.64. The fourth-order valence-electron chi connectivity index (χ4n) is 2.10. The number of nitro groups is 1. The highest BCUT2D eigenvalue weighted by Crippen LogP contribution is 2.30. The van der Waals surface area contributed by atoms with E-state index in [4.69, 9.17) is 5.73 Å². The van der Waals surface area contributed by atoms with E-state index in [-0.39, 0.29) is 23.7 Å². The molecular formula is C12H16N4O3. The molecule has 0 spiro atoms. The van der Waals surface area contributed by atoms with Gasteiger partial charge in [-0.15, -0.1) is 0 Å². The summed E-state index contributed by atoms with van der Waals surface area (Å²) >= 11 is 0. The minimum atomic E-state index is -0.464. The normalized spacial score (nSPS) is 21.4. The van der Waals surface area contributed by atoms with E-state index in [2.05, 4.69) is 10.6 Å². The van der Waals surface area contributed by atoms with Gasteiger partial charge < -0.3 is 16.4 Å². The number of nitro benzene ring substituents is 1. The molecule has 1 aromatic carbocycles. The summed E-state index contributed by atoms with van der Waals surface area (Å²) in [4.78, 5) is 22.0. The molecule has 1 aliphatic rings. The Morgan fingerprint density at radius 3 is 2.68 bits per heavy atom. The molecule has 4 N–H and O–H groups in total. The zero-order chi connectivity index (χ0) is 14.0. The second kappa shape index (κ2) is 5.23. The van der Waals surface area contributed by atoms with Gasteiger partial charge in [0.05, 0.1) is 4.92 Å². The first-order chi connectivity index (χ1) is 9.01. The van der Waals surface area contributed by atoms with Gasteiger partial charge in [-0.3, -0.25) is 14.9 Å². The molecule has 2 rings (SSSR count). The van der Waals surface area contributed by atoms with Crippen molar-refractivity contribution in [2.75, 3.05) is 12.4 Å². The van der Waals surface area contributed by atoms with Crippen LogP contribution >= 0.6 is 0 Å². The summed E-state index contributed by atoms with van der Waals surface area (Å²) < 4.78 is 0. The third kappa shape index (κ3) is 2.82. The highest BCUT2D eigenvalue weighted by Gasteiger charge is 2.28. The number of carbonyl (C=O) groups is 1. The fourth-order valence-corrected chi connectivity index (χ4v) is 2.10. The summed E-state index contributed by atoms with van der Waals surface area (Å²) in [5.41, 5.74) is 6.40. The Bertz CT molecular complexity index is 512. The molecule has 1 amide bonds. The first-order valence-electron chi connectivity index (χ1n) is 6.04. The van der Waals surface area contributed by atoms with Crippen molar-refractivity contribution in [2.24, 2.45) is 5.73 Å². The molecule has 0 heterocycles. The van der Waals surface area contributed by atoms with Gasteiger partial charge >= 0.3 is 0 Å². The van der Waals surface area contributed by atoms with Gasteiger partial charge in [0.25, 0.3) is 11.6 Å². The second-order valence-electron chi connectivity index (χ2n) is 4.64. The number of nitrogens with two attached hydrogens (primary N) is 1. The molecule has 1 aromatic rings. The lowest BCUT2D eigenvalue weighted by atomic mass is 9.87. The van der Waals surface area contributed by atoms with Crippen molar-refractivity contribution < 1.29 is 9.72 Å². The molecule has 0 unspecified atom stereocenters. The molecule has 1 aliphatic carbocycles. The van der Waals surface area contributed by atoms with E-state index in [9.17, 15) is 14.9 Å². The van der Waals surface area contributed by atoms with Crippen LogP contribution in [0, 0.1) is 10.1 Å². The lowest BCUT2D eigenvalue weighted by Gasteiger charge is -2.33. The van der Waals surface area contributed by atoms with Crippen molar-refractivity contribution in [1.82, 2.24) is 5.32 Å². The summed E-state index contributed by atoms with van der Waals surface area (Å²) in [5.74, 6) is -0.275. The van der Waals surface area contributed by atoms with Crippen LogP contribution in [0.4, 0.5) is 11.4 Å². The molecular weight excluding hydrogens is 248 g/mol. The maximum atomic E-state index is 11.5. The molecule has 7 nitrogen and oxygen atoms in total. The van der Waals surface area contributed by atoms with Gasteiger partial charge in [0.15, 0.2) is 0 Å². The van der Waals surface area contributed by atoms with E-state index in [1.54, 1.807) is 0 Å². The zero-order valence-electron chi connectivity index (χ0n) is 10.6. The first kappa shape index (κ1) is 13.3. The van der Waals surface area contributed by atoms with Crippen molar-refractivity contribution >= 4 is 17.3 Å². The third-order valence-corrected chi connectivity index (χ3v) is 3.22. The molecule has 0 aromatic heterocycles. The van der Waals surface area contributed by atoms with Crippen LogP contribution in [0.15, 0.2) is 18.2 Å². The van der Waals surface area contributed by atoms with Crippen molar-refractivity contribution in [3.8, 4) is 0 Å². The standard InChI is InChI=1S/C12H16N4O3/c1-14-12(17)7-2-3-11(16(18)19)10(4-7)15-9-5-8(13)6-9/h2-4,8-9,15H,5-6,13H2,1H3,(H,14,17). The molecule has 7 heteroatoms. The summed E-state index contributed by atoms with van der Waals surface area (Å²) in [6.07, 6.45) is 1.56. The number of anilines is 1. The van der Waals surface area contributed by atoms with Gasteiger partial charge in [0, 0.05) is 30.8 Å². The maximum absolute atomic E-state index is 11.5. The monoisotopic (exact) mass is 264 g/mol. The fraction of sp³-hybridized carbons (Fsp3) is 0.417. The van der Waals surface area contributed by atoms with Gasteiger partial charge in [-0.1, -0.05) is 0 Å². The van der Waals surface area contributed by atoms with Crippen LogP contribution in [-0.2, 0) is 0 Å². The van der Waals surface area contributed by atoms with E-state index < -0.39 is 4.92 Å². The SMILES string of the molecule is CNC(=O)c1ccc([N+](=O)[O-])c(NC2CC(N)C2)c1. The molecule has 0 radical (unpaired) electrons. The summed E-state index contributed by atoms with van der Waals surface area (Å²) in [7, 11) is 1.52. The quantitative estimate of drug-likeness (QED) is 0.551.